The predicted molar refractivity (Wildman–Crippen MR) is 70.4 cm³/mol. The van der Waals surface area contributed by atoms with E-state index in [-0.39, 0.29) is 6.04 Å². The molecule has 0 aliphatic rings. The molecule has 2 nitrogen and oxygen atoms in total. The molecule has 0 aliphatic heterocycles. The van der Waals surface area contributed by atoms with E-state index < -0.39 is 0 Å². The fourth-order valence-electron chi connectivity index (χ4n) is 1.78. The summed E-state index contributed by atoms with van der Waals surface area (Å²) >= 11 is 0. The Morgan fingerprint density at radius 1 is 1.38 bits per heavy atom. The molecule has 2 N–H and O–H groups in total. The van der Waals surface area contributed by atoms with Crippen LogP contribution in [0.25, 0.3) is 0 Å². The highest BCUT2D eigenvalue weighted by Gasteiger charge is 2.05. The van der Waals surface area contributed by atoms with Crippen LogP contribution in [0.5, 0.6) is 0 Å². The summed E-state index contributed by atoms with van der Waals surface area (Å²) < 4.78 is 0. The van der Waals surface area contributed by atoms with E-state index in [0.29, 0.717) is 0 Å². The van der Waals surface area contributed by atoms with Crippen molar-refractivity contribution < 1.29 is 0 Å². The number of benzene rings is 1. The smallest absolute Gasteiger partial charge is 0.0170 e. The molecule has 0 fully saturated rings. The lowest BCUT2D eigenvalue weighted by Crippen LogP contribution is -2.35. The van der Waals surface area contributed by atoms with Crippen LogP contribution in [0, 0.1) is 0 Å². The monoisotopic (exact) mass is 218 g/mol. The zero-order valence-corrected chi connectivity index (χ0v) is 10.1. The van der Waals surface area contributed by atoms with Crippen molar-refractivity contribution in [2.45, 2.75) is 18.9 Å². The van der Waals surface area contributed by atoms with Crippen LogP contribution in [0.2, 0.25) is 0 Å². The average molecular weight is 218 g/mol. The van der Waals surface area contributed by atoms with Crippen LogP contribution >= 0.6 is 0 Å². The highest BCUT2D eigenvalue weighted by Crippen LogP contribution is 2.04. The van der Waals surface area contributed by atoms with Crippen LogP contribution in [0.4, 0.5) is 0 Å². The van der Waals surface area contributed by atoms with Crippen molar-refractivity contribution >= 4 is 0 Å². The van der Waals surface area contributed by atoms with Gasteiger partial charge in [0.2, 0.25) is 0 Å². The number of hydrogen-bond acceptors (Lipinski definition) is 2. The van der Waals surface area contributed by atoms with Crippen molar-refractivity contribution in [1.82, 2.24) is 4.90 Å². The number of nitrogens with zero attached hydrogens (tertiary/aromatic N) is 1. The molecule has 2 heteroatoms. The minimum atomic E-state index is 0.241. The Balaban J connectivity index is 2.25. The van der Waals surface area contributed by atoms with Crippen molar-refractivity contribution in [2.24, 2.45) is 5.73 Å². The Kier molecular flexibility index (Phi) is 5.83. The van der Waals surface area contributed by atoms with E-state index >= 15 is 0 Å². The van der Waals surface area contributed by atoms with Crippen molar-refractivity contribution in [1.29, 1.82) is 0 Å². The molecule has 0 saturated heterocycles. The molecule has 1 aromatic rings. The molecular formula is C14H22N2. The molecule has 0 aromatic heterocycles. The molecule has 1 rings (SSSR count). The number of aryl methyl sites for hydroxylation is 1. The van der Waals surface area contributed by atoms with E-state index in [1.54, 1.807) is 0 Å². The van der Waals surface area contributed by atoms with Crippen LogP contribution in [-0.2, 0) is 6.42 Å². The number of likely N-dealkylation sites (N-methyl/N-ethyl adjacent to an activating group) is 1. The van der Waals surface area contributed by atoms with Gasteiger partial charge in [-0.2, -0.15) is 0 Å². The van der Waals surface area contributed by atoms with E-state index in [1.807, 2.05) is 12.1 Å². The van der Waals surface area contributed by atoms with E-state index in [9.17, 15) is 0 Å². The van der Waals surface area contributed by atoms with Gasteiger partial charge in [-0.05, 0) is 25.5 Å². The van der Waals surface area contributed by atoms with Crippen molar-refractivity contribution in [3.8, 4) is 0 Å². The summed E-state index contributed by atoms with van der Waals surface area (Å²) in [5.74, 6) is 0. The lowest BCUT2D eigenvalue weighted by Gasteiger charge is -2.19. The van der Waals surface area contributed by atoms with Crippen molar-refractivity contribution in [2.75, 3.05) is 20.1 Å². The molecule has 88 valence electrons. The van der Waals surface area contributed by atoms with Crippen LogP contribution in [0.1, 0.15) is 12.0 Å². The third-order valence-corrected chi connectivity index (χ3v) is 2.63. The van der Waals surface area contributed by atoms with Crippen LogP contribution < -0.4 is 5.73 Å². The highest BCUT2D eigenvalue weighted by atomic mass is 15.1. The van der Waals surface area contributed by atoms with Gasteiger partial charge in [0.25, 0.3) is 0 Å². The summed E-state index contributed by atoms with van der Waals surface area (Å²) in [6.07, 6.45) is 4.00. The molecular weight excluding hydrogens is 196 g/mol. The van der Waals surface area contributed by atoms with E-state index in [0.717, 1.165) is 25.9 Å². The zero-order valence-electron chi connectivity index (χ0n) is 10.1. The van der Waals surface area contributed by atoms with Gasteiger partial charge in [-0.25, -0.2) is 0 Å². The number of hydrogen-bond donors (Lipinski definition) is 1. The minimum Gasteiger partial charge on any atom is -0.327 e. The quantitative estimate of drug-likeness (QED) is 0.710. The van der Waals surface area contributed by atoms with Crippen LogP contribution in [0.3, 0.4) is 0 Å². The Bertz CT molecular complexity index is 295. The van der Waals surface area contributed by atoms with Crippen molar-refractivity contribution in [3.63, 3.8) is 0 Å². The third-order valence-electron chi connectivity index (χ3n) is 2.63. The molecule has 1 unspecified atom stereocenters. The average Bonchev–Trinajstić information content (AvgIpc) is 2.28. The van der Waals surface area contributed by atoms with E-state index in [2.05, 4.69) is 42.8 Å². The second kappa shape index (κ2) is 7.20. The molecule has 1 aromatic carbocycles. The first-order chi connectivity index (χ1) is 7.72. The normalized spacial score (nSPS) is 12.7. The van der Waals surface area contributed by atoms with Gasteiger partial charge in [-0.1, -0.05) is 36.4 Å². The molecule has 0 saturated carbocycles. The molecule has 0 spiro atoms. The Labute approximate surface area is 98.8 Å². The Hall–Kier alpha value is -1.12. The first kappa shape index (κ1) is 12.9. The molecule has 1 atom stereocenters. The second-order valence-corrected chi connectivity index (χ2v) is 4.29. The van der Waals surface area contributed by atoms with Crippen LogP contribution in [-0.4, -0.2) is 31.1 Å². The SMILES string of the molecule is C=CCN(C)CC(N)CCc1ccccc1. The minimum absolute atomic E-state index is 0.241. The van der Waals surface area contributed by atoms with Gasteiger partial charge in [-0.3, -0.25) is 0 Å². The molecule has 0 aliphatic carbocycles. The van der Waals surface area contributed by atoms with Gasteiger partial charge in [-0.15, -0.1) is 6.58 Å². The van der Waals surface area contributed by atoms with Gasteiger partial charge in [0.15, 0.2) is 0 Å². The maximum absolute atomic E-state index is 6.08. The summed E-state index contributed by atoms with van der Waals surface area (Å²) in [5.41, 5.74) is 7.44. The number of nitrogens with two attached hydrogens (primary N) is 1. The number of rotatable bonds is 7. The fourth-order valence-corrected chi connectivity index (χ4v) is 1.78. The van der Waals surface area contributed by atoms with Gasteiger partial charge < -0.3 is 10.6 Å². The van der Waals surface area contributed by atoms with Gasteiger partial charge >= 0.3 is 0 Å². The Morgan fingerprint density at radius 3 is 2.69 bits per heavy atom. The predicted octanol–water partition coefficient (Wildman–Crippen LogP) is 2.06. The first-order valence-electron chi connectivity index (χ1n) is 5.81. The molecule has 0 radical (unpaired) electrons. The van der Waals surface area contributed by atoms with Gasteiger partial charge in [0.05, 0.1) is 0 Å². The van der Waals surface area contributed by atoms with Crippen LogP contribution in [0.15, 0.2) is 43.0 Å². The lowest BCUT2D eigenvalue weighted by atomic mass is 10.1. The van der Waals surface area contributed by atoms with Gasteiger partial charge in [0.1, 0.15) is 0 Å². The summed E-state index contributed by atoms with van der Waals surface area (Å²) in [4.78, 5) is 2.20. The molecule has 0 heterocycles. The standard InChI is InChI=1S/C14H22N2/c1-3-11-16(2)12-14(15)10-9-13-7-5-4-6-8-13/h3-8,14H,1,9-12,15H2,2H3. The van der Waals surface area contributed by atoms with E-state index in [1.165, 1.54) is 5.56 Å². The summed E-state index contributed by atoms with van der Waals surface area (Å²) in [7, 11) is 2.07. The molecule has 0 bridgehead atoms. The summed E-state index contributed by atoms with van der Waals surface area (Å²) in [6.45, 7) is 5.55. The van der Waals surface area contributed by atoms with Gasteiger partial charge in [0, 0.05) is 19.1 Å². The van der Waals surface area contributed by atoms with E-state index in [4.69, 9.17) is 5.73 Å². The molecule has 16 heavy (non-hydrogen) atoms. The van der Waals surface area contributed by atoms with Crippen molar-refractivity contribution in [3.05, 3.63) is 48.6 Å². The fraction of sp³-hybridized carbons (Fsp3) is 0.429. The lowest BCUT2D eigenvalue weighted by molar-refractivity contribution is 0.334. The Morgan fingerprint density at radius 2 is 2.06 bits per heavy atom. The largest absolute Gasteiger partial charge is 0.327 e. The maximum atomic E-state index is 6.08. The molecule has 0 amide bonds. The highest BCUT2D eigenvalue weighted by molar-refractivity contribution is 5.14. The summed E-state index contributed by atoms with van der Waals surface area (Å²) in [6, 6.07) is 10.7. The second-order valence-electron chi connectivity index (χ2n) is 4.29. The zero-order chi connectivity index (χ0) is 11.8. The third kappa shape index (κ3) is 5.10. The maximum Gasteiger partial charge on any atom is 0.0170 e. The summed E-state index contributed by atoms with van der Waals surface area (Å²) in [5, 5.41) is 0. The topological polar surface area (TPSA) is 29.3 Å². The first-order valence-corrected chi connectivity index (χ1v) is 5.81.